The Hall–Kier alpha value is -2.25. The molecule has 110 valence electrons. The first-order valence-electron chi connectivity index (χ1n) is 6.39. The van der Waals surface area contributed by atoms with E-state index in [0.29, 0.717) is 18.7 Å². The fourth-order valence-corrected chi connectivity index (χ4v) is 2.52. The number of hydrogen-bond acceptors (Lipinski definition) is 5. The summed E-state index contributed by atoms with van der Waals surface area (Å²) in [5, 5.41) is 14.8. The van der Waals surface area contributed by atoms with Crippen molar-refractivity contribution < 1.29 is 9.72 Å². The molecular weight excluding hydrogens is 290 g/mol. The van der Waals surface area contributed by atoms with Crippen LogP contribution in [0.4, 0.5) is 5.00 Å². The molecule has 0 spiro atoms. The summed E-state index contributed by atoms with van der Waals surface area (Å²) in [5.74, 6) is -0.314. The maximum atomic E-state index is 11.9. The van der Waals surface area contributed by atoms with Gasteiger partial charge in [0.2, 0.25) is 0 Å². The number of carbonyl (C=O) groups is 1. The van der Waals surface area contributed by atoms with Crippen molar-refractivity contribution >= 4 is 22.2 Å². The molecule has 0 bridgehead atoms. The Labute approximate surface area is 125 Å². The second kappa shape index (κ2) is 6.96. The molecule has 0 unspecified atom stereocenters. The van der Waals surface area contributed by atoms with Crippen molar-refractivity contribution in [2.75, 3.05) is 6.54 Å². The van der Waals surface area contributed by atoms with Gasteiger partial charge in [0, 0.05) is 18.0 Å². The molecule has 3 N–H and O–H groups in total. The van der Waals surface area contributed by atoms with Crippen LogP contribution in [0.15, 0.2) is 35.7 Å². The zero-order valence-electron chi connectivity index (χ0n) is 11.2. The Morgan fingerprint density at radius 1 is 1.29 bits per heavy atom. The fraction of sp³-hybridized carbons (Fsp3) is 0.214. The second-order valence-electron chi connectivity index (χ2n) is 4.47. The van der Waals surface area contributed by atoms with Gasteiger partial charge >= 0.3 is 5.00 Å². The molecule has 21 heavy (non-hydrogen) atoms. The molecule has 2 rings (SSSR count). The van der Waals surface area contributed by atoms with Gasteiger partial charge in [0.1, 0.15) is 0 Å². The van der Waals surface area contributed by atoms with Gasteiger partial charge in [0.05, 0.1) is 10.5 Å². The standard InChI is InChI=1S/C14H15N3O3S/c15-6-5-10-1-3-11(4-2-10)8-16-14(18)12-7-13(17(19)20)21-9-12/h1-4,7,9H,5-6,8,15H2,(H,16,18). The van der Waals surface area contributed by atoms with Gasteiger partial charge in [-0.15, -0.1) is 0 Å². The summed E-state index contributed by atoms with van der Waals surface area (Å²) in [4.78, 5) is 22.0. The number of nitrogens with one attached hydrogen (secondary N) is 1. The average Bonchev–Trinajstić information content (AvgIpc) is 2.97. The number of amides is 1. The number of thiophene rings is 1. The summed E-state index contributed by atoms with van der Waals surface area (Å²) in [7, 11) is 0. The van der Waals surface area contributed by atoms with Crippen LogP contribution in [0.1, 0.15) is 21.5 Å². The number of hydrogen-bond donors (Lipinski definition) is 2. The minimum atomic E-state index is -0.502. The highest BCUT2D eigenvalue weighted by Crippen LogP contribution is 2.22. The van der Waals surface area contributed by atoms with Gasteiger partial charge in [-0.2, -0.15) is 0 Å². The maximum absolute atomic E-state index is 11.9. The third-order valence-corrected chi connectivity index (χ3v) is 3.82. The normalized spacial score (nSPS) is 10.3. The Kier molecular flexibility index (Phi) is 5.02. The Morgan fingerprint density at radius 3 is 2.52 bits per heavy atom. The largest absolute Gasteiger partial charge is 0.348 e. The molecule has 0 radical (unpaired) electrons. The molecule has 0 atom stereocenters. The summed E-state index contributed by atoms with van der Waals surface area (Å²) in [6.45, 7) is 0.985. The third-order valence-electron chi connectivity index (χ3n) is 2.94. The van der Waals surface area contributed by atoms with Crippen molar-refractivity contribution in [1.29, 1.82) is 0 Å². The van der Waals surface area contributed by atoms with E-state index in [1.165, 1.54) is 11.4 Å². The lowest BCUT2D eigenvalue weighted by atomic mass is 10.1. The predicted octanol–water partition coefficient (Wildman–Crippen LogP) is 2.09. The molecular formula is C14H15N3O3S. The van der Waals surface area contributed by atoms with Crippen molar-refractivity contribution in [3.8, 4) is 0 Å². The molecule has 1 aromatic carbocycles. The van der Waals surface area contributed by atoms with E-state index in [0.717, 1.165) is 28.9 Å². The first-order valence-corrected chi connectivity index (χ1v) is 7.27. The number of nitrogens with two attached hydrogens (primary N) is 1. The minimum Gasteiger partial charge on any atom is -0.348 e. The maximum Gasteiger partial charge on any atom is 0.324 e. The van der Waals surface area contributed by atoms with Crippen LogP contribution in [-0.2, 0) is 13.0 Å². The van der Waals surface area contributed by atoms with E-state index in [1.807, 2.05) is 24.3 Å². The number of nitro groups is 1. The van der Waals surface area contributed by atoms with Crippen molar-refractivity contribution in [1.82, 2.24) is 5.32 Å². The van der Waals surface area contributed by atoms with Gasteiger partial charge in [-0.1, -0.05) is 35.6 Å². The second-order valence-corrected chi connectivity index (χ2v) is 5.36. The first kappa shape index (κ1) is 15.1. The Bertz CT molecular complexity index is 637. The van der Waals surface area contributed by atoms with Crippen LogP contribution in [0.25, 0.3) is 0 Å². The number of carbonyl (C=O) groups excluding carboxylic acids is 1. The van der Waals surface area contributed by atoms with Gasteiger partial charge in [-0.05, 0) is 24.1 Å². The van der Waals surface area contributed by atoms with Crippen LogP contribution in [0.3, 0.4) is 0 Å². The lowest BCUT2D eigenvalue weighted by Gasteiger charge is -2.05. The lowest BCUT2D eigenvalue weighted by Crippen LogP contribution is -2.22. The predicted molar refractivity (Wildman–Crippen MR) is 81.3 cm³/mol. The molecule has 0 aliphatic heterocycles. The molecule has 2 aromatic rings. The SMILES string of the molecule is NCCc1ccc(CNC(=O)c2csc([N+](=O)[O-])c2)cc1. The van der Waals surface area contributed by atoms with Gasteiger partial charge in [0.15, 0.2) is 0 Å². The van der Waals surface area contributed by atoms with E-state index in [1.54, 1.807) is 0 Å². The van der Waals surface area contributed by atoms with Gasteiger partial charge < -0.3 is 11.1 Å². The first-order chi connectivity index (χ1) is 10.1. The molecule has 1 heterocycles. The fourth-order valence-electron chi connectivity index (χ4n) is 1.81. The zero-order valence-corrected chi connectivity index (χ0v) is 12.1. The highest BCUT2D eigenvalue weighted by atomic mass is 32.1. The van der Waals surface area contributed by atoms with E-state index in [-0.39, 0.29) is 10.9 Å². The van der Waals surface area contributed by atoms with Gasteiger partial charge in [-0.25, -0.2) is 0 Å². The smallest absolute Gasteiger partial charge is 0.324 e. The van der Waals surface area contributed by atoms with Crippen LogP contribution >= 0.6 is 11.3 Å². The quantitative estimate of drug-likeness (QED) is 0.630. The van der Waals surface area contributed by atoms with E-state index >= 15 is 0 Å². The summed E-state index contributed by atoms with van der Waals surface area (Å²) < 4.78 is 0. The monoisotopic (exact) mass is 305 g/mol. The summed E-state index contributed by atoms with van der Waals surface area (Å²) >= 11 is 0.943. The van der Waals surface area contributed by atoms with E-state index in [4.69, 9.17) is 5.73 Å². The van der Waals surface area contributed by atoms with Crippen LogP contribution in [-0.4, -0.2) is 17.4 Å². The van der Waals surface area contributed by atoms with Crippen molar-refractivity contribution in [2.45, 2.75) is 13.0 Å². The number of benzene rings is 1. The molecule has 1 amide bonds. The molecule has 6 nitrogen and oxygen atoms in total. The summed E-state index contributed by atoms with van der Waals surface area (Å²) in [6.07, 6.45) is 0.825. The van der Waals surface area contributed by atoms with E-state index in [2.05, 4.69) is 5.32 Å². The number of rotatable bonds is 6. The molecule has 0 fully saturated rings. The molecule has 1 aromatic heterocycles. The Morgan fingerprint density at radius 2 is 1.95 bits per heavy atom. The topological polar surface area (TPSA) is 98.3 Å². The van der Waals surface area contributed by atoms with E-state index < -0.39 is 4.92 Å². The van der Waals surface area contributed by atoms with E-state index in [9.17, 15) is 14.9 Å². The average molecular weight is 305 g/mol. The van der Waals surface area contributed by atoms with Crippen molar-refractivity contribution in [3.05, 3.63) is 62.5 Å². The molecule has 0 saturated carbocycles. The highest BCUT2D eigenvalue weighted by Gasteiger charge is 2.14. The van der Waals surface area contributed by atoms with Gasteiger partial charge in [0.25, 0.3) is 5.91 Å². The summed E-state index contributed by atoms with van der Waals surface area (Å²) in [5.41, 5.74) is 7.91. The highest BCUT2D eigenvalue weighted by molar-refractivity contribution is 7.13. The molecule has 7 heteroatoms. The lowest BCUT2D eigenvalue weighted by molar-refractivity contribution is -0.380. The van der Waals surface area contributed by atoms with Crippen LogP contribution in [0.5, 0.6) is 0 Å². The number of nitrogens with zero attached hydrogens (tertiary/aromatic N) is 1. The molecule has 0 saturated heterocycles. The van der Waals surface area contributed by atoms with Crippen LogP contribution < -0.4 is 11.1 Å². The summed E-state index contributed by atoms with van der Waals surface area (Å²) in [6, 6.07) is 9.10. The molecule has 0 aliphatic carbocycles. The zero-order chi connectivity index (χ0) is 15.2. The van der Waals surface area contributed by atoms with Crippen LogP contribution in [0.2, 0.25) is 0 Å². The minimum absolute atomic E-state index is 0.0358. The van der Waals surface area contributed by atoms with Crippen LogP contribution in [0, 0.1) is 10.1 Å². The van der Waals surface area contributed by atoms with Gasteiger partial charge in [-0.3, -0.25) is 14.9 Å². The van der Waals surface area contributed by atoms with Crippen molar-refractivity contribution in [2.24, 2.45) is 5.73 Å². The van der Waals surface area contributed by atoms with Crippen molar-refractivity contribution in [3.63, 3.8) is 0 Å². The third kappa shape index (κ3) is 4.11. The molecule has 0 aliphatic rings. The Balaban J connectivity index is 1.92.